The van der Waals surface area contributed by atoms with E-state index in [9.17, 15) is 9.59 Å². The van der Waals surface area contributed by atoms with Crippen molar-refractivity contribution < 1.29 is 9.59 Å². The molecule has 0 saturated carbocycles. The molecule has 7 heteroatoms. The minimum atomic E-state index is -0.416. The molecule has 1 aromatic heterocycles. The Morgan fingerprint density at radius 3 is 2.09 bits per heavy atom. The van der Waals surface area contributed by atoms with Crippen LogP contribution in [0.15, 0.2) is 84.9 Å². The number of anilines is 1. The molecule has 1 N–H and O–H groups in total. The van der Waals surface area contributed by atoms with Crippen LogP contribution >= 0.6 is 0 Å². The third-order valence-corrected chi connectivity index (χ3v) is 5.63. The van der Waals surface area contributed by atoms with E-state index in [1.165, 1.54) is 0 Å². The number of rotatable bonds is 5. The van der Waals surface area contributed by atoms with E-state index >= 15 is 0 Å². The Kier molecular flexibility index (Phi) is 5.68. The number of carbonyl (C=O) groups is 2. The van der Waals surface area contributed by atoms with Crippen LogP contribution < -0.4 is 5.32 Å². The first kappa shape index (κ1) is 20.6. The standard InChI is InChI=1S/C26H23N5O2/c32-25(27-21-15-13-20(14-16-21)26(33)30-17-7-8-18-30)23-28-24(19-9-3-1-4-10-19)31(29-23)22-11-5-2-6-12-22/h1-6,9-16H,7-8,17-18H2,(H,27,32). The molecule has 5 rings (SSSR count). The first-order valence-electron chi connectivity index (χ1n) is 11.0. The smallest absolute Gasteiger partial charge is 0.295 e. The quantitative estimate of drug-likeness (QED) is 0.501. The minimum absolute atomic E-state index is 0.0288. The van der Waals surface area contributed by atoms with E-state index in [0.717, 1.165) is 37.2 Å². The fraction of sp³-hybridized carbons (Fsp3) is 0.154. The van der Waals surface area contributed by atoms with Gasteiger partial charge in [-0.15, -0.1) is 5.10 Å². The van der Waals surface area contributed by atoms with Crippen molar-refractivity contribution >= 4 is 17.5 Å². The lowest BCUT2D eigenvalue weighted by atomic mass is 10.2. The lowest BCUT2D eigenvalue weighted by Gasteiger charge is -2.15. The summed E-state index contributed by atoms with van der Waals surface area (Å²) in [6, 6.07) is 26.2. The molecule has 33 heavy (non-hydrogen) atoms. The Morgan fingerprint density at radius 1 is 0.788 bits per heavy atom. The maximum Gasteiger partial charge on any atom is 0.295 e. The normalized spacial score (nSPS) is 13.2. The molecule has 0 bridgehead atoms. The first-order chi connectivity index (χ1) is 16.2. The molecule has 0 radical (unpaired) electrons. The Bertz CT molecular complexity index is 1200. The molecule has 3 aromatic carbocycles. The molecule has 2 heterocycles. The fourth-order valence-corrected chi connectivity index (χ4v) is 3.92. The average molecular weight is 438 g/mol. The number of nitrogens with one attached hydrogen (secondary N) is 1. The second kappa shape index (κ2) is 9.08. The average Bonchev–Trinajstić information content (AvgIpc) is 3.56. The Labute approximate surface area is 191 Å². The highest BCUT2D eigenvalue weighted by molar-refractivity contribution is 6.02. The van der Waals surface area contributed by atoms with E-state index in [-0.39, 0.29) is 11.7 Å². The Balaban J connectivity index is 1.38. The topological polar surface area (TPSA) is 80.1 Å². The summed E-state index contributed by atoms with van der Waals surface area (Å²) in [5, 5.41) is 7.32. The number of para-hydroxylation sites is 1. The molecule has 4 aromatic rings. The van der Waals surface area contributed by atoms with E-state index in [1.807, 2.05) is 65.6 Å². The van der Waals surface area contributed by atoms with Gasteiger partial charge >= 0.3 is 0 Å². The molecule has 1 fully saturated rings. The van der Waals surface area contributed by atoms with Gasteiger partial charge in [0.2, 0.25) is 5.82 Å². The minimum Gasteiger partial charge on any atom is -0.339 e. The van der Waals surface area contributed by atoms with Crippen molar-refractivity contribution in [2.45, 2.75) is 12.8 Å². The van der Waals surface area contributed by atoms with Crippen LogP contribution in [-0.4, -0.2) is 44.6 Å². The van der Waals surface area contributed by atoms with Crippen molar-refractivity contribution in [2.75, 3.05) is 18.4 Å². The zero-order chi connectivity index (χ0) is 22.6. The summed E-state index contributed by atoms with van der Waals surface area (Å²) in [5.74, 6) is 0.259. The van der Waals surface area contributed by atoms with Gasteiger partial charge in [-0.3, -0.25) is 9.59 Å². The largest absolute Gasteiger partial charge is 0.339 e. The Hall–Kier alpha value is -4.26. The van der Waals surface area contributed by atoms with Crippen LogP contribution in [0.25, 0.3) is 17.1 Å². The fourth-order valence-electron chi connectivity index (χ4n) is 3.92. The Morgan fingerprint density at radius 2 is 1.42 bits per heavy atom. The van der Waals surface area contributed by atoms with Gasteiger partial charge in [0.25, 0.3) is 11.8 Å². The van der Waals surface area contributed by atoms with Crippen molar-refractivity contribution in [1.82, 2.24) is 19.7 Å². The number of benzene rings is 3. The predicted octanol–water partition coefficient (Wildman–Crippen LogP) is 4.42. The summed E-state index contributed by atoms with van der Waals surface area (Å²) < 4.78 is 1.67. The van der Waals surface area contributed by atoms with Gasteiger partial charge in [-0.05, 0) is 49.2 Å². The molecule has 0 aliphatic carbocycles. The number of carbonyl (C=O) groups excluding carboxylic acids is 2. The highest BCUT2D eigenvalue weighted by Crippen LogP contribution is 2.22. The van der Waals surface area contributed by atoms with E-state index in [2.05, 4.69) is 15.4 Å². The van der Waals surface area contributed by atoms with Gasteiger partial charge in [0.15, 0.2) is 5.82 Å². The lowest BCUT2D eigenvalue weighted by Crippen LogP contribution is -2.27. The van der Waals surface area contributed by atoms with Gasteiger partial charge < -0.3 is 10.2 Å². The molecule has 0 spiro atoms. The number of likely N-dealkylation sites (tertiary alicyclic amines) is 1. The molecular formula is C26H23N5O2. The lowest BCUT2D eigenvalue weighted by molar-refractivity contribution is 0.0792. The summed E-state index contributed by atoms with van der Waals surface area (Å²) in [4.78, 5) is 31.9. The van der Waals surface area contributed by atoms with Crippen LogP contribution in [0, 0.1) is 0 Å². The monoisotopic (exact) mass is 437 g/mol. The molecular weight excluding hydrogens is 414 g/mol. The van der Waals surface area contributed by atoms with Crippen LogP contribution in [-0.2, 0) is 0 Å². The SMILES string of the molecule is O=C(Nc1ccc(C(=O)N2CCCC2)cc1)c1nc(-c2ccccc2)n(-c2ccccc2)n1. The van der Waals surface area contributed by atoms with Crippen LogP contribution in [0.2, 0.25) is 0 Å². The number of amides is 2. The van der Waals surface area contributed by atoms with E-state index < -0.39 is 5.91 Å². The molecule has 1 aliphatic heterocycles. The van der Waals surface area contributed by atoms with Crippen LogP contribution in [0.1, 0.15) is 33.8 Å². The predicted molar refractivity (Wildman–Crippen MR) is 126 cm³/mol. The van der Waals surface area contributed by atoms with Gasteiger partial charge in [-0.1, -0.05) is 48.5 Å². The summed E-state index contributed by atoms with van der Waals surface area (Å²) in [5.41, 5.74) is 2.87. The molecule has 7 nitrogen and oxygen atoms in total. The number of hydrogen-bond donors (Lipinski definition) is 1. The zero-order valence-electron chi connectivity index (χ0n) is 18.0. The second-order valence-electron chi connectivity index (χ2n) is 7.90. The third-order valence-electron chi connectivity index (χ3n) is 5.63. The maximum atomic E-state index is 12.9. The van der Waals surface area contributed by atoms with E-state index in [0.29, 0.717) is 17.1 Å². The zero-order valence-corrected chi connectivity index (χ0v) is 18.0. The highest BCUT2D eigenvalue weighted by Gasteiger charge is 2.21. The molecule has 0 unspecified atom stereocenters. The van der Waals surface area contributed by atoms with Crippen molar-refractivity contribution in [3.05, 3.63) is 96.3 Å². The summed E-state index contributed by atoms with van der Waals surface area (Å²) in [6.45, 7) is 1.60. The van der Waals surface area contributed by atoms with Crippen LogP contribution in [0.4, 0.5) is 5.69 Å². The molecule has 0 atom stereocenters. The summed E-state index contributed by atoms with van der Waals surface area (Å²) in [7, 11) is 0. The van der Waals surface area contributed by atoms with Crippen molar-refractivity contribution in [3.63, 3.8) is 0 Å². The number of aromatic nitrogens is 3. The molecule has 1 aliphatic rings. The van der Waals surface area contributed by atoms with Gasteiger partial charge in [0.05, 0.1) is 5.69 Å². The second-order valence-corrected chi connectivity index (χ2v) is 7.90. The molecule has 2 amide bonds. The van der Waals surface area contributed by atoms with Crippen LogP contribution in [0.5, 0.6) is 0 Å². The van der Waals surface area contributed by atoms with E-state index in [4.69, 9.17) is 0 Å². The van der Waals surface area contributed by atoms with E-state index in [1.54, 1.807) is 28.9 Å². The van der Waals surface area contributed by atoms with Crippen molar-refractivity contribution in [1.29, 1.82) is 0 Å². The molecule has 164 valence electrons. The van der Waals surface area contributed by atoms with Gasteiger partial charge in [0.1, 0.15) is 0 Å². The van der Waals surface area contributed by atoms with Gasteiger partial charge in [-0.25, -0.2) is 9.67 Å². The summed E-state index contributed by atoms with van der Waals surface area (Å²) >= 11 is 0. The van der Waals surface area contributed by atoms with Crippen molar-refractivity contribution in [2.24, 2.45) is 0 Å². The van der Waals surface area contributed by atoms with Gasteiger partial charge in [0, 0.05) is 29.9 Å². The van der Waals surface area contributed by atoms with Gasteiger partial charge in [-0.2, -0.15) is 0 Å². The number of nitrogens with zero attached hydrogens (tertiary/aromatic N) is 4. The first-order valence-corrected chi connectivity index (χ1v) is 11.0. The summed E-state index contributed by atoms with van der Waals surface area (Å²) in [6.07, 6.45) is 2.10. The third kappa shape index (κ3) is 4.39. The molecule has 1 saturated heterocycles. The maximum absolute atomic E-state index is 12.9. The van der Waals surface area contributed by atoms with Crippen molar-refractivity contribution in [3.8, 4) is 17.1 Å². The van der Waals surface area contributed by atoms with Crippen LogP contribution in [0.3, 0.4) is 0 Å². The number of hydrogen-bond acceptors (Lipinski definition) is 4. The highest BCUT2D eigenvalue weighted by atomic mass is 16.2.